The minimum Gasteiger partial charge on any atom is -0.493 e. The fourth-order valence-corrected chi connectivity index (χ4v) is 6.88. The van der Waals surface area contributed by atoms with Crippen LogP contribution >= 0.6 is 0 Å². The highest BCUT2D eigenvalue weighted by Gasteiger charge is 2.20. The SMILES string of the molecule is CCCCCCOc1cc(-c2ccc(N(C(C)C)C(C)C)c(=O)cc2)c(OCCCCCC)cc1-c1ccc(N(C(C)C)C(C)C)c(=O)cc1. The van der Waals surface area contributed by atoms with Gasteiger partial charge in [0.1, 0.15) is 11.5 Å². The highest BCUT2D eigenvalue weighted by molar-refractivity contribution is 5.81. The van der Waals surface area contributed by atoms with Gasteiger partial charge in [0.15, 0.2) is 0 Å². The van der Waals surface area contributed by atoms with E-state index >= 15 is 0 Å². The van der Waals surface area contributed by atoms with Crippen molar-refractivity contribution in [2.75, 3.05) is 23.0 Å². The molecule has 0 aliphatic heterocycles. The van der Waals surface area contributed by atoms with Crippen LogP contribution in [0.25, 0.3) is 22.3 Å². The molecule has 0 amide bonds. The van der Waals surface area contributed by atoms with Crippen molar-refractivity contribution in [2.45, 2.75) is 145 Å². The molecule has 0 saturated heterocycles. The maximum atomic E-state index is 13.4. The van der Waals surface area contributed by atoms with Gasteiger partial charge in [-0.25, -0.2) is 0 Å². The quantitative estimate of drug-likeness (QED) is 0.110. The normalized spacial score (nSPS) is 11.5. The van der Waals surface area contributed by atoms with E-state index in [9.17, 15) is 9.59 Å². The summed E-state index contributed by atoms with van der Waals surface area (Å²) in [5.41, 5.74) is 4.89. The first-order valence-electron chi connectivity index (χ1n) is 19.2. The second-order valence-corrected chi connectivity index (χ2v) is 14.6. The second kappa shape index (κ2) is 20.1. The van der Waals surface area contributed by atoms with Crippen molar-refractivity contribution >= 4 is 11.4 Å². The topological polar surface area (TPSA) is 59.1 Å². The molecule has 6 nitrogen and oxygen atoms in total. The molecule has 0 spiro atoms. The molecule has 3 aromatic carbocycles. The summed E-state index contributed by atoms with van der Waals surface area (Å²) in [6.07, 6.45) is 8.77. The molecular formula is C44H64N2O4. The van der Waals surface area contributed by atoms with Crippen LogP contribution in [0.15, 0.2) is 70.3 Å². The highest BCUT2D eigenvalue weighted by atomic mass is 16.5. The summed E-state index contributed by atoms with van der Waals surface area (Å²) in [4.78, 5) is 31.2. The number of nitrogens with zero attached hydrogens (tertiary/aromatic N) is 2. The average molecular weight is 685 g/mol. The molecule has 0 heterocycles. The summed E-state index contributed by atoms with van der Waals surface area (Å²) < 4.78 is 13.2. The lowest BCUT2D eigenvalue weighted by atomic mass is 9.99. The van der Waals surface area contributed by atoms with Crippen LogP contribution in [0.1, 0.15) is 121 Å². The summed E-state index contributed by atoms with van der Waals surface area (Å²) in [6, 6.07) is 20.0. The van der Waals surface area contributed by atoms with E-state index in [1.807, 2.05) is 36.4 Å². The van der Waals surface area contributed by atoms with Crippen LogP contribution < -0.4 is 30.1 Å². The molecular weight excluding hydrogens is 620 g/mol. The largest absolute Gasteiger partial charge is 0.493 e. The number of hydrogen-bond acceptors (Lipinski definition) is 6. The molecule has 0 saturated carbocycles. The molecule has 0 aromatic heterocycles. The third-order valence-corrected chi connectivity index (χ3v) is 9.17. The number of hydrogen-bond donors (Lipinski definition) is 0. The summed E-state index contributed by atoms with van der Waals surface area (Å²) in [5, 5.41) is 0. The minimum absolute atomic E-state index is 0.0115. The third-order valence-electron chi connectivity index (χ3n) is 9.17. The van der Waals surface area contributed by atoms with Crippen molar-refractivity contribution in [3.05, 3.63) is 81.1 Å². The van der Waals surface area contributed by atoms with Crippen LogP contribution in [0.4, 0.5) is 11.4 Å². The maximum absolute atomic E-state index is 13.4. The molecule has 0 unspecified atom stereocenters. The van der Waals surface area contributed by atoms with E-state index < -0.39 is 0 Å². The predicted octanol–water partition coefficient (Wildman–Crippen LogP) is 10.9. The first kappa shape index (κ1) is 40.6. The van der Waals surface area contributed by atoms with E-state index in [0.717, 1.165) is 72.3 Å². The molecule has 3 rings (SSSR count). The summed E-state index contributed by atoms with van der Waals surface area (Å²) in [7, 11) is 0. The Morgan fingerprint density at radius 2 is 0.820 bits per heavy atom. The van der Waals surface area contributed by atoms with Gasteiger partial charge in [0.25, 0.3) is 0 Å². The van der Waals surface area contributed by atoms with E-state index in [0.29, 0.717) is 24.6 Å². The summed E-state index contributed by atoms with van der Waals surface area (Å²) in [6.45, 7) is 22.5. The van der Waals surface area contributed by atoms with Crippen LogP contribution in [0.5, 0.6) is 11.5 Å². The zero-order chi connectivity index (χ0) is 36.8. The van der Waals surface area contributed by atoms with Gasteiger partial charge in [0, 0.05) is 35.3 Å². The number of rotatable bonds is 20. The van der Waals surface area contributed by atoms with Gasteiger partial charge >= 0.3 is 0 Å². The molecule has 0 aliphatic rings. The Morgan fingerprint density at radius 3 is 1.14 bits per heavy atom. The predicted molar refractivity (Wildman–Crippen MR) is 215 cm³/mol. The second-order valence-electron chi connectivity index (χ2n) is 14.6. The van der Waals surface area contributed by atoms with Crippen molar-refractivity contribution in [1.82, 2.24) is 0 Å². The molecule has 3 aromatic rings. The number of anilines is 2. The van der Waals surface area contributed by atoms with Crippen LogP contribution in [-0.2, 0) is 0 Å². The fraction of sp³-hybridized carbons (Fsp3) is 0.545. The molecule has 0 radical (unpaired) electrons. The van der Waals surface area contributed by atoms with E-state index in [1.165, 1.54) is 12.8 Å². The Balaban J connectivity index is 2.26. The van der Waals surface area contributed by atoms with Gasteiger partial charge in [0.05, 0.1) is 24.6 Å². The maximum Gasteiger partial charge on any atom is 0.201 e. The Morgan fingerprint density at radius 1 is 0.480 bits per heavy atom. The first-order valence-corrected chi connectivity index (χ1v) is 19.2. The zero-order valence-corrected chi connectivity index (χ0v) is 32.7. The monoisotopic (exact) mass is 684 g/mol. The third kappa shape index (κ3) is 11.1. The van der Waals surface area contributed by atoms with E-state index in [-0.39, 0.29) is 35.0 Å². The van der Waals surface area contributed by atoms with Crippen molar-refractivity contribution in [3.8, 4) is 33.8 Å². The zero-order valence-electron chi connectivity index (χ0n) is 32.7. The van der Waals surface area contributed by atoms with Gasteiger partial charge in [0.2, 0.25) is 10.9 Å². The van der Waals surface area contributed by atoms with E-state index in [2.05, 4.69) is 91.2 Å². The molecule has 6 heteroatoms. The number of benzene rings is 1. The number of unbranched alkanes of at least 4 members (excludes halogenated alkanes) is 6. The Kier molecular flexibility index (Phi) is 16.4. The highest BCUT2D eigenvalue weighted by Crippen LogP contribution is 2.41. The Labute approximate surface area is 302 Å². The van der Waals surface area contributed by atoms with Gasteiger partial charge in [-0.1, -0.05) is 76.6 Å². The molecule has 0 fully saturated rings. The van der Waals surface area contributed by atoms with Gasteiger partial charge in [-0.15, -0.1) is 0 Å². The smallest absolute Gasteiger partial charge is 0.201 e. The Hall–Kier alpha value is -3.80. The van der Waals surface area contributed by atoms with Crippen molar-refractivity contribution in [2.24, 2.45) is 0 Å². The average Bonchev–Trinajstić information content (AvgIpc) is 3.36. The van der Waals surface area contributed by atoms with Crippen LogP contribution in [0.2, 0.25) is 0 Å². The number of ether oxygens (including phenoxy) is 2. The lowest BCUT2D eigenvalue weighted by molar-refractivity contribution is 0.299. The van der Waals surface area contributed by atoms with Gasteiger partial charge in [-0.05, 0) is 116 Å². The van der Waals surface area contributed by atoms with E-state index in [1.54, 1.807) is 12.1 Å². The van der Waals surface area contributed by atoms with Crippen LogP contribution in [-0.4, -0.2) is 37.4 Å². The lowest BCUT2D eigenvalue weighted by Crippen LogP contribution is -2.39. The molecule has 274 valence electrons. The van der Waals surface area contributed by atoms with Crippen molar-refractivity contribution in [1.29, 1.82) is 0 Å². The van der Waals surface area contributed by atoms with Crippen molar-refractivity contribution < 1.29 is 9.47 Å². The summed E-state index contributed by atoms with van der Waals surface area (Å²) in [5.74, 6) is 1.47. The van der Waals surface area contributed by atoms with E-state index in [4.69, 9.17) is 9.47 Å². The standard InChI is InChI=1S/C44H64N2O4/c1-11-13-15-17-27-49-43-29-38(36-20-24-40(42(48)26-22-36)46(33(7)8)34(9)10)44(50-28-18-16-14-12-2)30-37(43)35-19-23-39(41(47)25-21-35)45(31(3)4)32(5)6/h19-26,29-34H,11-18,27-28H2,1-10H3. The minimum atomic E-state index is -0.0115. The van der Waals surface area contributed by atoms with Crippen LogP contribution in [0, 0.1) is 0 Å². The molecule has 0 bridgehead atoms. The van der Waals surface area contributed by atoms with Gasteiger partial charge < -0.3 is 19.3 Å². The summed E-state index contributed by atoms with van der Waals surface area (Å²) >= 11 is 0. The molecule has 0 N–H and O–H groups in total. The van der Waals surface area contributed by atoms with Crippen LogP contribution in [0.3, 0.4) is 0 Å². The first-order chi connectivity index (χ1) is 23.9. The molecule has 50 heavy (non-hydrogen) atoms. The molecule has 0 atom stereocenters. The fourth-order valence-electron chi connectivity index (χ4n) is 6.88. The molecule has 0 aliphatic carbocycles. The van der Waals surface area contributed by atoms with Gasteiger partial charge in [-0.2, -0.15) is 0 Å². The lowest BCUT2D eigenvalue weighted by Gasteiger charge is -2.32. The van der Waals surface area contributed by atoms with Gasteiger partial charge in [-0.3, -0.25) is 9.59 Å². The Bertz CT molecular complexity index is 1480. The van der Waals surface area contributed by atoms with Crippen molar-refractivity contribution in [3.63, 3.8) is 0 Å².